The molecule has 158 valence electrons. The van der Waals surface area contributed by atoms with Crippen molar-refractivity contribution >= 4 is 44.8 Å². The highest BCUT2D eigenvalue weighted by atomic mass is 79.9. The maximum Gasteiger partial charge on any atom is 0.343 e. The number of hydrogen-bond acceptors (Lipinski definition) is 4. The molecule has 6 heteroatoms. The summed E-state index contributed by atoms with van der Waals surface area (Å²) in [6.07, 6.45) is 1.45. The van der Waals surface area contributed by atoms with Crippen molar-refractivity contribution in [2.75, 3.05) is 0 Å². The highest BCUT2D eigenvalue weighted by Crippen LogP contribution is 2.23. The second-order valence-electron chi connectivity index (χ2n) is 7.16. The van der Waals surface area contributed by atoms with Crippen molar-refractivity contribution in [1.29, 1.82) is 0 Å². The number of benzene rings is 4. The average molecular weight is 487 g/mol. The van der Waals surface area contributed by atoms with Gasteiger partial charge in [0.25, 0.3) is 5.91 Å². The van der Waals surface area contributed by atoms with E-state index in [1.807, 2.05) is 55.5 Å². The highest BCUT2D eigenvalue weighted by molar-refractivity contribution is 9.10. The number of amides is 1. The molecule has 5 nitrogen and oxygen atoms in total. The van der Waals surface area contributed by atoms with Crippen molar-refractivity contribution in [1.82, 2.24) is 5.43 Å². The molecule has 32 heavy (non-hydrogen) atoms. The minimum absolute atomic E-state index is 0.328. The Morgan fingerprint density at radius 1 is 0.938 bits per heavy atom. The lowest BCUT2D eigenvalue weighted by Gasteiger charge is -2.08. The summed E-state index contributed by atoms with van der Waals surface area (Å²) in [6, 6.07) is 25.5. The molecule has 0 spiro atoms. The van der Waals surface area contributed by atoms with Gasteiger partial charge in [0.1, 0.15) is 5.75 Å². The van der Waals surface area contributed by atoms with Crippen molar-refractivity contribution in [2.24, 2.45) is 5.10 Å². The van der Waals surface area contributed by atoms with Crippen molar-refractivity contribution in [3.8, 4) is 5.75 Å². The Kier molecular flexibility index (Phi) is 6.42. The van der Waals surface area contributed by atoms with E-state index in [0.29, 0.717) is 22.4 Å². The molecule has 0 saturated heterocycles. The van der Waals surface area contributed by atoms with E-state index in [2.05, 4.69) is 26.5 Å². The van der Waals surface area contributed by atoms with Crippen LogP contribution in [0.2, 0.25) is 0 Å². The van der Waals surface area contributed by atoms with Crippen LogP contribution in [0.4, 0.5) is 0 Å². The molecule has 4 aromatic rings. The Labute approximate surface area is 193 Å². The molecule has 1 N–H and O–H groups in total. The summed E-state index contributed by atoms with van der Waals surface area (Å²) in [5.41, 5.74) is 5.13. The van der Waals surface area contributed by atoms with Gasteiger partial charge in [-0.15, -0.1) is 0 Å². The van der Waals surface area contributed by atoms with E-state index in [9.17, 15) is 9.59 Å². The summed E-state index contributed by atoms with van der Waals surface area (Å²) in [4.78, 5) is 25.2. The molecule has 0 bridgehead atoms. The fourth-order valence-electron chi connectivity index (χ4n) is 3.21. The first kappa shape index (κ1) is 21.5. The third-order valence-corrected chi connectivity index (χ3v) is 5.36. The SMILES string of the molecule is Cc1ccc(C(=O)Oc2ccc(Br)cc2/C=N\NC(=O)c2cccc3ccccc23)cc1. The average Bonchev–Trinajstić information content (AvgIpc) is 2.80. The summed E-state index contributed by atoms with van der Waals surface area (Å²) in [7, 11) is 0. The lowest BCUT2D eigenvalue weighted by Crippen LogP contribution is -2.18. The van der Waals surface area contributed by atoms with Crippen molar-refractivity contribution in [2.45, 2.75) is 6.92 Å². The van der Waals surface area contributed by atoms with Crippen molar-refractivity contribution < 1.29 is 14.3 Å². The van der Waals surface area contributed by atoms with Crippen LogP contribution in [0.15, 0.2) is 94.5 Å². The highest BCUT2D eigenvalue weighted by Gasteiger charge is 2.12. The molecule has 0 saturated carbocycles. The van der Waals surface area contributed by atoms with E-state index in [1.165, 1.54) is 6.21 Å². The minimum atomic E-state index is -0.471. The van der Waals surface area contributed by atoms with Gasteiger partial charge >= 0.3 is 5.97 Å². The first-order valence-corrected chi connectivity index (χ1v) is 10.7. The maximum absolute atomic E-state index is 12.7. The third kappa shape index (κ3) is 4.92. The van der Waals surface area contributed by atoms with Crippen LogP contribution in [0.3, 0.4) is 0 Å². The smallest absolute Gasteiger partial charge is 0.343 e. The zero-order valence-corrected chi connectivity index (χ0v) is 18.8. The number of aryl methyl sites for hydroxylation is 1. The number of rotatable bonds is 5. The van der Waals surface area contributed by atoms with Crippen LogP contribution in [-0.2, 0) is 0 Å². The second-order valence-corrected chi connectivity index (χ2v) is 8.08. The number of esters is 1. The van der Waals surface area contributed by atoms with Crippen LogP contribution in [-0.4, -0.2) is 18.1 Å². The predicted octanol–water partition coefficient (Wildman–Crippen LogP) is 5.89. The predicted molar refractivity (Wildman–Crippen MR) is 129 cm³/mol. The standard InChI is InChI=1S/C26H19BrN2O3/c1-17-9-11-19(12-10-17)26(31)32-24-14-13-21(27)15-20(24)16-28-29-25(30)23-8-4-6-18-5-2-3-7-22(18)23/h2-16H,1H3,(H,29,30)/b28-16-. The molecule has 0 radical (unpaired) electrons. The van der Waals surface area contributed by atoms with Crippen LogP contribution in [0.1, 0.15) is 31.8 Å². The van der Waals surface area contributed by atoms with Gasteiger partial charge in [-0.3, -0.25) is 4.79 Å². The van der Waals surface area contributed by atoms with Gasteiger partial charge in [-0.05, 0) is 54.1 Å². The van der Waals surface area contributed by atoms with Gasteiger partial charge < -0.3 is 4.74 Å². The number of hydrazone groups is 1. The quantitative estimate of drug-likeness (QED) is 0.165. The van der Waals surface area contributed by atoms with E-state index in [4.69, 9.17) is 4.74 Å². The fourth-order valence-corrected chi connectivity index (χ4v) is 3.58. The lowest BCUT2D eigenvalue weighted by molar-refractivity contribution is 0.0734. The molecule has 0 aliphatic rings. The Morgan fingerprint density at radius 3 is 2.50 bits per heavy atom. The molecule has 0 aromatic heterocycles. The Morgan fingerprint density at radius 2 is 1.69 bits per heavy atom. The third-order valence-electron chi connectivity index (χ3n) is 4.87. The van der Waals surface area contributed by atoms with Gasteiger partial charge in [0.05, 0.1) is 11.8 Å². The molecular weight excluding hydrogens is 468 g/mol. The maximum atomic E-state index is 12.7. The monoisotopic (exact) mass is 486 g/mol. The number of halogens is 1. The van der Waals surface area contributed by atoms with Crippen LogP contribution >= 0.6 is 15.9 Å². The molecule has 0 heterocycles. The van der Waals surface area contributed by atoms with Crippen molar-refractivity contribution in [3.05, 3.63) is 112 Å². The number of hydrogen-bond donors (Lipinski definition) is 1. The number of ether oxygens (including phenoxy) is 1. The van der Waals surface area contributed by atoms with Gasteiger partial charge in [0.15, 0.2) is 0 Å². The van der Waals surface area contributed by atoms with Crippen molar-refractivity contribution in [3.63, 3.8) is 0 Å². The normalized spacial score (nSPS) is 10.9. The van der Waals surface area contributed by atoms with Crippen LogP contribution in [0.5, 0.6) is 5.75 Å². The summed E-state index contributed by atoms with van der Waals surface area (Å²) >= 11 is 3.41. The number of carbonyl (C=O) groups excluding carboxylic acids is 2. The molecule has 0 aliphatic carbocycles. The molecule has 0 aliphatic heterocycles. The van der Waals surface area contributed by atoms with Gasteiger partial charge in [0, 0.05) is 15.6 Å². The molecular formula is C26H19BrN2O3. The Bertz CT molecular complexity index is 1330. The molecule has 4 rings (SSSR count). The van der Waals surface area contributed by atoms with Crippen LogP contribution in [0.25, 0.3) is 10.8 Å². The Hall–Kier alpha value is -3.77. The molecule has 1 amide bonds. The summed E-state index contributed by atoms with van der Waals surface area (Å²) in [5, 5.41) is 5.90. The number of fused-ring (bicyclic) bond motifs is 1. The first-order chi connectivity index (χ1) is 15.5. The molecule has 0 unspecified atom stereocenters. The van der Waals surface area contributed by atoms with E-state index in [0.717, 1.165) is 20.8 Å². The van der Waals surface area contributed by atoms with Gasteiger partial charge in [0.2, 0.25) is 0 Å². The van der Waals surface area contributed by atoms with Gasteiger partial charge in [-0.25, -0.2) is 10.2 Å². The summed E-state index contributed by atoms with van der Waals surface area (Å²) < 4.78 is 6.35. The minimum Gasteiger partial charge on any atom is -0.422 e. The molecule has 4 aromatic carbocycles. The molecule has 0 fully saturated rings. The number of nitrogens with one attached hydrogen (secondary N) is 1. The number of carbonyl (C=O) groups is 2. The summed E-state index contributed by atoms with van der Waals surface area (Å²) in [6.45, 7) is 1.95. The fraction of sp³-hybridized carbons (Fsp3) is 0.0385. The van der Waals surface area contributed by atoms with Crippen LogP contribution in [0, 0.1) is 6.92 Å². The topological polar surface area (TPSA) is 67.8 Å². The summed E-state index contributed by atoms with van der Waals surface area (Å²) in [5.74, 6) is -0.463. The van der Waals surface area contributed by atoms with E-state index < -0.39 is 5.97 Å². The van der Waals surface area contributed by atoms with E-state index >= 15 is 0 Å². The van der Waals surface area contributed by atoms with Gasteiger partial charge in [-0.1, -0.05) is 70.0 Å². The Balaban J connectivity index is 1.52. The second kappa shape index (κ2) is 9.58. The van der Waals surface area contributed by atoms with Gasteiger partial charge in [-0.2, -0.15) is 5.10 Å². The largest absolute Gasteiger partial charge is 0.422 e. The van der Waals surface area contributed by atoms with E-state index in [1.54, 1.807) is 36.4 Å². The molecule has 0 atom stereocenters. The zero-order chi connectivity index (χ0) is 22.5. The zero-order valence-electron chi connectivity index (χ0n) is 17.2. The first-order valence-electron chi connectivity index (χ1n) is 9.91. The van der Waals surface area contributed by atoms with Crippen LogP contribution < -0.4 is 10.2 Å². The van der Waals surface area contributed by atoms with E-state index in [-0.39, 0.29) is 5.91 Å². The lowest BCUT2D eigenvalue weighted by atomic mass is 10.0. The number of nitrogens with zero attached hydrogens (tertiary/aromatic N) is 1.